The normalized spacial score (nSPS) is 11.8. The number of ether oxygens (including phenoxy) is 1. The predicted molar refractivity (Wildman–Crippen MR) is 158 cm³/mol. The maximum atomic E-state index is 13.2. The van der Waals surface area contributed by atoms with Crippen LogP contribution in [0.15, 0.2) is 95.9 Å². The molecule has 0 aliphatic carbocycles. The number of amides is 1. The molecule has 1 amide bonds. The number of pyridine rings is 1. The third-order valence-electron chi connectivity index (χ3n) is 6.42. The maximum Gasteiger partial charge on any atom is 0.419 e. The summed E-state index contributed by atoms with van der Waals surface area (Å²) in [4.78, 5) is 20.4. The molecule has 3 aromatic carbocycles. The van der Waals surface area contributed by atoms with Gasteiger partial charge in [-0.3, -0.25) is 10.0 Å². The van der Waals surface area contributed by atoms with Gasteiger partial charge in [-0.1, -0.05) is 69.3 Å². The van der Waals surface area contributed by atoms with E-state index in [-0.39, 0.29) is 16.2 Å². The number of nitrogens with one attached hydrogen (secondary N) is 3. The fourth-order valence-electron chi connectivity index (χ4n) is 4.38. The number of hydrogen-bond donors (Lipinski definition) is 3. The first-order valence-electron chi connectivity index (χ1n) is 12.8. The molecule has 9 heteroatoms. The van der Waals surface area contributed by atoms with Crippen LogP contribution in [0.2, 0.25) is 0 Å². The van der Waals surface area contributed by atoms with Crippen molar-refractivity contribution in [2.75, 3.05) is 10.0 Å². The van der Waals surface area contributed by atoms with Crippen LogP contribution in [0.25, 0.3) is 22.0 Å². The lowest BCUT2D eigenvalue weighted by atomic mass is 9.87. The van der Waals surface area contributed by atoms with Crippen molar-refractivity contribution in [2.24, 2.45) is 0 Å². The van der Waals surface area contributed by atoms with E-state index >= 15 is 0 Å². The minimum Gasteiger partial charge on any atom is -0.392 e. The Balaban J connectivity index is 1.48. The summed E-state index contributed by atoms with van der Waals surface area (Å²) in [6, 6.07) is 26.7. The van der Waals surface area contributed by atoms with Crippen LogP contribution < -0.4 is 14.8 Å². The van der Waals surface area contributed by atoms with Gasteiger partial charge in [0.1, 0.15) is 5.82 Å². The van der Waals surface area contributed by atoms with Crippen LogP contribution in [0, 0.1) is 6.92 Å². The molecule has 5 rings (SSSR count). The van der Waals surface area contributed by atoms with Crippen molar-refractivity contribution >= 4 is 38.5 Å². The van der Waals surface area contributed by atoms with Crippen LogP contribution in [0.1, 0.15) is 32.0 Å². The van der Waals surface area contributed by atoms with Crippen molar-refractivity contribution in [3.05, 3.63) is 102 Å². The average molecular weight is 555 g/mol. The number of H-pyrrole nitrogens is 1. The van der Waals surface area contributed by atoms with Gasteiger partial charge in [0.25, 0.3) is 10.0 Å². The highest BCUT2D eigenvalue weighted by atomic mass is 32.2. The van der Waals surface area contributed by atoms with Gasteiger partial charge in [0.05, 0.1) is 10.5 Å². The van der Waals surface area contributed by atoms with E-state index < -0.39 is 16.1 Å². The largest absolute Gasteiger partial charge is 0.419 e. The number of hydrogen-bond acceptors (Lipinski definition) is 5. The number of aromatic amines is 1. The average Bonchev–Trinajstić information content (AvgIpc) is 3.25. The zero-order chi connectivity index (χ0) is 28.5. The van der Waals surface area contributed by atoms with Crippen molar-refractivity contribution in [1.82, 2.24) is 9.97 Å². The molecule has 0 atom stereocenters. The number of benzene rings is 3. The van der Waals surface area contributed by atoms with Gasteiger partial charge in [-0.15, -0.1) is 0 Å². The Kier molecular flexibility index (Phi) is 7.08. The Labute approximate surface area is 233 Å². The zero-order valence-electron chi connectivity index (χ0n) is 22.6. The van der Waals surface area contributed by atoms with E-state index in [0.29, 0.717) is 28.0 Å². The molecular formula is C31H30N4O4S. The fourth-order valence-corrected chi connectivity index (χ4v) is 5.43. The summed E-state index contributed by atoms with van der Waals surface area (Å²) in [6.45, 7) is 8.05. The Morgan fingerprint density at radius 3 is 2.30 bits per heavy atom. The van der Waals surface area contributed by atoms with Gasteiger partial charge < -0.3 is 9.72 Å². The van der Waals surface area contributed by atoms with Gasteiger partial charge in [0.15, 0.2) is 0 Å². The maximum absolute atomic E-state index is 13.2. The van der Waals surface area contributed by atoms with E-state index in [4.69, 9.17) is 4.74 Å². The van der Waals surface area contributed by atoms with E-state index in [9.17, 15) is 13.2 Å². The molecule has 0 aliphatic heterocycles. The first kappa shape index (κ1) is 27.0. The summed E-state index contributed by atoms with van der Waals surface area (Å²) >= 11 is 0. The molecule has 40 heavy (non-hydrogen) atoms. The predicted octanol–water partition coefficient (Wildman–Crippen LogP) is 7.25. The van der Waals surface area contributed by atoms with E-state index in [2.05, 4.69) is 40.8 Å². The van der Waals surface area contributed by atoms with Gasteiger partial charge in [0, 0.05) is 22.3 Å². The first-order valence-corrected chi connectivity index (χ1v) is 14.2. The van der Waals surface area contributed by atoms with E-state index in [0.717, 1.165) is 16.8 Å². The summed E-state index contributed by atoms with van der Waals surface area (Å²) in [5.74, 6) is 0.596. The lowest BCUT2D eigenvalue weighted by Gasteiger charge is -2.19. The lowest BCUT2D eigenvalue weighted by molar-refractivity contribution is 0.214. The second-order valence-electron chi connectivity index (χ2n) is 10.5. The van der Waals surface area contributed by atoms with Crippen molar-refractivity contribution in [3.63, 3.8) is 0 Å². The highest BCUT2D eigenvalue weighted by Gasteiger charge is 2.21. The smallest absolute Gasteiger partial charge is 0.392 e. The van der Waals surface area contributed by atoms with Crippen LogP contribution in [0.4, 0.5) is 16.3 Å². The van der Waals surface area contributed by atoms with Gasteiger partial charge in [-0.2, -0.15) is 0 Å². The summed E-state index contributed by atoms with van der Waals surface area (Å²) in [5, 5.41) is 3.33. The first-order chi connectivity index (χ1) is 19.0. The number of rotatable bonds is 6. The molecule has 0 bridgehead atoms. The van der Waals surface area contributed by atoms with Crippen LogP contribution >= 0.6 is 0 Å². The summed E-state index contributed by atoms with van der Waals surface area (Å²) < 4.78 is 34.8. The molecule has 0 fully saturated rings. The van der Waals surface area contributed by atoms with Crippen molar-refractivity contribution < 1.29 is 17.9 Å². The Hall–Kier alpha value is -4.63. The number of anilines is 2. The SMILES string of the molecule is Cc1cccc(NC(=O)Oc2[nH]c3ccc(NS(=O)(=O)c4ccc(C(C)(C)C)cc4)cc3c2-c2ccccc2)n1. The molecule has 2 aromatic heterocycles. The van der Waals surface area contributed by atoms with Gasteiger partial charge >= 0.3 is 6.09 Å². The Morgan fingerprint density at radius 2 is 1.62 bits per heavy atom. The van der Waals surface area contributed by atoms with Crippen molar-refractivity contribution in [3.8, 4) is 17.0 Å². The highest BCUT2D eigenvalue weighted by molar-refractivity contribution is 7.92. The number of nitrogens with zero attached hydrogens (tertiary/aromatic N) is 1. The minimum atomic E-state index is -3.83. The molecular weight excluding hydrogens is 524 g/mol. The number of carbonyl (C=O) groups is 1. The van der Waals surface area contributed by atoms with Gasteiger partial charge in [0.2, 0.25) is 5.88 Å². The standard InChI is InChI=1S/C31H30N4O4S/c1-20-9-8-12-27(32-20)34-30(36)39-29-28(21-10-6-5-7-11-21)25-19-23(15-18-26(25)33-29)35-40(37,38)24-16-13-22(14-17-24)31(2,3)4/h5-19,33,35H,1-4H3,(H,32,34,36). The molecule has 3 N–H and O–H groups in total. The molecule has 5 aromatic rings. The van der Waals surface area contributed by atoms with Crippen molar-refractivity contribution in [2.45, 2.75) is 38.0 Å². The molecule has 2 heterocycles. The number of aryl methyl sites for hydroxylation is 1. The van der Waals surface area contributed by atoms with Crippen LogP contribution in [-0.2, 0) is 15.4 Å². The third kappa shape index (κ3) is 5.84. The van der Waals surface area contributed by atoms with E-state index in [1.165, 1.54) is 0 Å². The fraction of sp³-hybridized carbons (Fsp3) is 0.161. The number of carbonyl (C=O) groups excluding carboxylic acids is 1. The second kappa shape index (κ2) is 10.5. The summed E-state index contributed by atoms with van der Waals surface area (Å²) in [5.41, 5.74) is 4.18. The third-order valence-corrected chi connectivity index (χ3v) is 7.82. The Morgan fingerprint density at radius 1 is 0.900 bits per heavy atom. The van der Waals surface area contributed by atoms with Crippen LogP contribution in [0.5, 0.6) is 5.88 Å². The summed E-state index contributed by atoms with van der Waals surface area (Å²) in [6.07, 6.45) is -0.707. The van der Waals surface area contributed by atoms with Crippen LogP contribution in [-0.4, -0.2) is 24.5 Å². The molecule has 0 unspecified atom stereocenters. The number of fused-ring (bicyclic) bond motifs is 1. The minimum absolute atomic E-state index is 0.0872. The highest BCUT2D eigenvalue weighted by Crippen LogP contribution is 2.39. The topological polar surface area (TPSA) is 113 Å². The molecule has 0 spiro atoms. The Bertz CT molecular complexity index is 1790. The van der Waals surface area contributed by atoms with E-state index in [1.807, 2.05) is 55.5 Å². The van der Waals surface area contributed by atoms with Gasteiger partial charge in [-0.25, -0.2) is 18.2 Å². The quantitative estimate of drug-likeness (QED) is 0.205. The van der Waals surface area contributed by atoms with E-state index in [1.54, 1.807) is 42.5 Å². The molecule has 0 aliphatic rings. The molecule has 0 saturated carbocycles. The molecule has 8 nitrogen and oxygen atoms in total. The van der Waals surface area contributed by atoms with Gasteiger partial charge in [-0.05, 0) is 65.9 Å². The number of sulfonamides is 1. The molecule has 204 valence electrons. The zero-order valence-corrected chi connectivity index (χ0v) is 23.5. The van der Waals surface area contributed by atoms with Crippen LogP contribution in [0.3, 0.4) is 0 Å². The monoisotopic (exact) mass is 554 g/mol. The molecule has 0 radical (unpaired) electrons. The lowest BCUT2D eigenvalue weighted by Crippen LogP contribution is -2.18. The number of aromatic nitrogens is 2. The second-order valence-corrected chi connectivity index (χ2v) is 12.2. The summed E-state index contributed by atoms with van der Waals surface area (Å²) in [7, 11) is -3.83. The molecule has 0 saturated heterocycles. The van der Waals surface area contributed by atoms with Crippen molar-refractivity contribution in [1.29, 1.82) is 0 Å².